The van der Waals surface area contributed by atoms with Crippen LogP contribution in [-0.4, -0.2) is 0 Å². The molecule has 1 aromatic carbocycles. The molecular weight excluding hydrogens is 204 g/mol. The van der Waals surface area contributed by atoms with Crippen LogP contribution in [-0.2, 0) is 0 Å². The fraction of sp³-hybridized carbons (Fsp3) is 0.412. The van der Waals surface area contributed by atoms with Crippen molar-refractivity contribution in [2.45, 2.75) is 48.5 Å². The Morgan fingerprint density at radius 3 is 1.88 bits per heavy atom. The average molecular weight is 234 g/mol. The zero-order valence-electron chi connectivity index (χ0n) is 12.8. The molecule has 0 N–H and O–H groups in total. The van der Waals surface area contributed by atoms with Crippen molar-refractivity contribution < 1.29 is 0 Å². The van der Waals surface area contributed by atoms with Crippen molar-refractivity contribution >= 4 is 5.57 Å². The van der Waals surface area contributed by atoms with Gasteiger partial charge in [-0.15, -0.1) is 13.2 Å². The first kappa shape index (κ1) is 21.0. The zero-order chi connectivity index (χ0) is 14.3. The Morgan fingerprint density at radius 2 is 1.53 bits per heavy atom. The third kappa shape index (κ3) is 11.0. The highest BCUT2D eigenvalue weighted by atomic mass is 14.0. The molecule has 0 spiro atoms. The van der Waals surface area contributed by atoms with Gasteiger partial charge in [0.15, 0.2) is 0 Å². The first-order chi connectivity index (χ1) is 8.24. The van der Waals surface area contributed by atoms with Crippen molar-refractivity contribution in [3.8, 4) is 0 Å². The summed E-state index contributed by atoms with van der Waals surface area (Å²) >= 11 is 0. The van der Waals surface area contributed by atoms with Crippen LogP contribution in [0.5, 0.6) is 0 Å². The Kier molecular flexibility index (Phi) is 21.2. The topological polar surface area (TPSA) is 0 Å². The van der Waals surface area contributed by atoms with Gasteiger partial charge in [0, 0.05) is 0 Å². The third-order valence-electron chi connectivity index (χ3n) is 1.91. The SMILES string of the molecule is C/C=C(\C)c1cccc(C)c1.C=C.CC.CC. The van der Waals surface area contributed by atoms with Crippen LogP contribution in [0.3, 0.4) is 0 Å². The molecule has 0 aliphatic rings. The minimum atomic E-state index is 1.32. The Morgan fingerprint density at radius 1 is 1.06 bits per heavy atom. The van der Waals surface area contributed by atoms with E-state index in [0.29, 0.717) is 0 Å². The molecule has 0 unspecified atom stereocenters. The summed E-state index contributed by atoms with van der Waals surface area (Å²) in [4.78, 5) is 0. The summed E-state index contributed by atoms with van der Waals surface area (Å²) in [7, 11) is 0. The van der Waals surface area contributed by atoms with Crippen LogP contribution < -0.4 is 0 Å². The number of benzene rings is 1. The number of aryl methyl sites for hydroxylation is 1. The van der Waals surface area contributed by atoms with Crippen LogP contribution in [0.2, 0.25) is 0 Å². The molecule has 0 nitrogen and oxygen atoms in total. The van der Waals surface area contributed by atoms with E-state index in [1.807, 2.05) is 27.7 Å². The summed E-state index contributed by atoms with van der Waals surface area (Å²) in [5, 5.41) is 0. The zero-order valence-corrected chi connectivity index (χ0v) is 12.8. The molecule has 1 rings (SSSR count). The van der Waals surface area contributed by atoms with Gasteiger partial charge >= 0.3 is 0 Å². The predicted octanol–water partition coefficient (Wildman–Crippen LogP) is 6.27. The Bertz CT molecular complexity index is 282. The van der Waals surface area contributed by atoms with Gasteiger partial charge in [-0.25, -0.2) is 0 Å². The summed E-state index contributed by atoms with van der Waals surface area (Å²) in [6.45, 7) is 20.3. The van der Waals surface area contributed by atoms with Gasteiger partial charge in [0.05, 0.1) is 0 Å². The fourth-order valence-electron chi connectivity index (χ4n) is 1.06. The molecule has 0 saturated carbocycles. The van der Waals surface area contributed by atoms with Crippen molar-refractivity contribution in [2.24, 2.45) is 0 Å². The van der Waals surface area contributed by atoms with Gasteiger partial charge in [-0.3, -0.25) is 0 Å². The maximum Gasteiger partial charge on any atom is -0.0228 e. The van der Waals surface area contributed by atoms with E-state index in [-0.39, 0.29) is 0 Å². The Balaban J connectivity index is -0.000000285. The second-order valence-corrected chi connectivity index (χ2v) is 2.84. The summed E-state index contributed by atoms with van der Waals surface area (Å²) in [6, 6.07) is 8.56. The van der Waals surface area contributed by atoms with E-state index in [1.165, 1.54) is 16.7 Å². The lowest BCUT2D eigenvalue weighted by Crippen LogP contribution is -1.79. The molecule has 0 fully saturated rings. The van der Waals surface area contributed by atoms with Gasteiger partial charge in [-0.05, 0) is 31.9 Å². The first-order valence-corrected chi connectivity index (χ1v) is 6.44. The van der Waals surface area contributed by atoms with E-state index in [4.69, 9.17) is 0 Å². The summed E-state index contributed by atoms with van der Waals surface area (Å²) in [5.41, 5.74) is 3.99. The first-order valence-electron chi connectivity index (χ1n) is 6.44. The molecule has 0 heterocycles. The summed E-state index contributed by atoms with van der Waals surface area (Å²) in [6.07, 6.45) is 2.13. The minimum Gasteiger partial charge on any atom is -0.106 e. The highest BCUT2D eigenvalue weighted by Gasteiger charge is 1.92. The maximum atomic E-state index is 3.00. The summed E-state index contributed by atoms with van der Waals surface area (Å²) in [5.74, 6) is 0. The smallest absolute Gasteiger partial charge is 0.0228 e. The van der Waals surface area contributed by atoms with E-state index in [2.05, 4.69) is 64.3 Å². The molecule has 0 aromatic heterocycles. The second kappa shape index (κ2) is 17.1. The van der Waals surface area contributed by atoms with Crippen LogP contribution >= 0.6 is 0 Å². The van der Waals surface area contributed by atoms with Crippen LogP contribution in [0, 0.1) is 6.92 Å². The van der Waals surface area contributed by atoms with E-state index in [1.54, 1.807) is 0 Å². The quantitative estimate of drug-likeness (QED) is 0.502. The Hall–Kier alpha value is -1.30. The van der Waals surface area contributed by atoms with Gasteiger partial charge in [0.1, 0.15) is 0 Å². The van der Waals surface area contributed by atoms with Crippen LogP contribution in [0.25, 0.3) is 5.57 Å². The number of hydrogen-bond donors (Lipinski definition) is 0. The molecule has 0 aliphatic carbocycles. The number of rotatable bonds is 1. The van der Waals surface area contributed by atoms with Crippen LogP contribution in [0.4, 0.5) is 0 Å². The van der Waals surface area contributed by atoms with Crippen molar-refractivity contribution in [3.05, 3.63) is 54.6 Å². The van der Waals surface area contributed by atoms with Crippen LogP contribution in [0.1, 0.15) is 52.7 Å². The fourth-order valence-corrected chi connectivity index (χ4v) is 1.06. The van der Waals surface area contributed by atoms with Gasteiger partial charge < -0.3 is 0 Å². The molecule has 98 valence electrons. The third-order valence-corrected chi connectivity index (χ3v) is 1.91. The van der Waals surface area contributed by atoms with Gasteiger partial charge in [-0.2, -0.15) is 0 Å². The molecule has 1 aromatic rings. The standard InChI is InChI=1S/C11H14.2C2H6.C2H4/c1-4-10(3)11-7-5-6-9(2)8-11;3*1-2/h4-8H,1-3H3;2*1-2H3;1-2H2/b10-4+;;;. The minimum absolute atomic E-state index is 1.32. The van der Waals surface area contributed by atoms with Crippen LogP contribution in [0.15, 0.2) is 43.5 Å². The molecule has 17 heavy (non-hydrogen) atoms. The normalized spacial score (nSPS) is 8.53. The molecular formula is C17H30. The maximum absolute atomic E-state index is 3.00. The highest BCUT2D eigenvalue weighted by molar-refractivity contribution is 5.63. The number of hydrogen-bond acceptors (Lipinski definition) is 0. The number of allylic oxidation sites excluding steroid dienone is 2. The molecule has 0 radical (unpaired) electrons. The molecule has 0 bridgehead atoms. The van der Waals surface area contributed by atoms with E-state index >= 15 is 0 Å². The monoisotopic (exact) mass is 234 g/mol. The Labute approximate surface area is 109 Å². The van der Waals surface area contributed by atoms with E-state index < -0.39 is 0 Å². The molecule has 0 amide bonds. The largest absolute Gasteiger partial charge is 0.106 e. The van der Waals surface area contributed by atoms with E-state index in [0.717, 1.165) is 0 Å². The summed E-state index contributed by atoms with van der Waals surface area (Å²) < 4.78 is 0. The lowest BCUT2D eigenvalue weighted by Gasteiger charge is -2.00. The van der Waals surface area contributed by atoms with Crippen molar-refractivity contribution in [3.63, 3.8) is 0 Å². The van der Waals surface area contributed by atoms with Crippen molar-refractivity contribution in [2.75, 3.05) is 0 Å². The molecule has 0 heteroatoms. The highest BCUT2D eigenvalue weighted by Crippen LogP contribution is 2.13. The van der Waals surface area contributed by atoms with Crippen molar-refractivity contribution in [1.29, 1.82) is 0 Å². The van der Waals surface area contributed by atoms with Gasteiger partial charge in [0.2, 0.25) is 0 Å². The molecule has 0 aliphatic heterocycles. The average Bonchev–Trinajstić information content (AvgIpc) is 2.44. The molecule has 0 atom stereocenters. The second-order valence-electron chi connectivity index (χ2n) is 2.84. The van der Waals surface area contributed by atoms with E-state index in [9.17, 15) is 0 Å². The lowest BCUT2D eigenvalue weighted by molar-refractivity contribution is 1.43. The lowest BCUT2D eigenvalue weighted by atomic mass is 10.1. The van der Waals surface area contributed by atoms with Gasteiger partial charge in [-0.1, -0.05) is 63.6 Å². The van der Waals surface area contributed by atoms with Crippen molar-refractivity contribution in [1.82, 2.24) is 0 Å². The predicted molar refractivity (Wildman–Crippen MR) is 84.5 cm³/mol. The van der Waals surface area contributed by atoms with Gasteiger partial charge in [0.25, 0.3) is 0 Å². The molecule has 0 saturated heterocycles.